The van der Waals surface area contributed by atoms with Gasteiger partial charge in [-0.3, -0.25) is 4.79 Å². The first-order valence-electron chi connectivity index (χ1n) is 11.4. The molecule has 1 fully saturated rings. The summed E-state index contributed by atoms with van der Waals surface area (Å²) in [5, 5.41) is 0. The van der Waals surface area contributed by atoms with Gasteiger partial charge in [-0.15, -0.1) is 0 Å². The van der Waals surface area contributed by atoms with Crippen molar-refractivity contribution >= 4 is 11.5 Å². The third-order valence-electron chi connectivity index (χ3n) is 6.00. The number of nitrogens with zero attached hydrogens (tertiary/aromatic N) is 2. The fraction of sp³-hybridized carbons (Fsp3) is 0.520. The molecule has 0 amide bonds. The number of halogens is 3. The van der Waals surface area contributed by atoms with Gasteiger partial charge in [-0.25, -0.2) is 4.98 Å². The fourth-order valence-electron chi connectivity index (χ4n) is 3.99. The fourth-order valence-corrected chi connectivity index (χ4v) is 3.99. The largest absolute Gasteiger partial charge is 0.478 e. The van der Waals surface area contributed by atoms with Crippen LogP contribution in [0.4, 0.5) is 18.9 Å². The number of carbonyl (C=O) groups is 1. The number of benzene rings is 1. The van der Waals surface area contributed by atoms with Crippen LogP contribution in [0, 0.1) is 5.92 Å². The maximum atomic E-state index is 12.7. The topological polar surface area (TPSA) is 42.4 Å². The molecule has 0 bridgehead atoms. The summed E-state index contributed by atoms with van der Waals surface area (Å²) in [5.74, 6) is 1.19. The molecule has 1 saturated heterocycles. The summed E-state index contributed by atoms with van der Waals surface area (Å²) in [6.07, 6.45) is 3.61. The highest BCUT2D eigenvalue weighted by Crippen LogP contribution is 2.32. The first kappa shape index (κ1) is 24.1. The molecule has 1 aromatic heterocycles. The highest BCUT2D eigenvalue weighted by Gasteiger charge is 2.30. The van der Waals surface area contributed by atoms with Gasteiger partial charge in [0.2, 0.25) is 5.88 Å². The molecular formula is C25H31F3N2O2. The van der Waals surface area contributed by atoms with Crippen LogP contribution >= 0.6 is 0 Å². The Labute approximate surface area is 187 Å². The second kappa shape index (κ2) is 11.3. The number of unbranched alkanes of at least 4 members (excludes halogenated alkanes) is 1. The number of aromatic nitrogens is 1. The number of anilines is 1. The van der Waals surface area contributed by atoms with E-state index in [1.165, 1.54) is 0 Å². The van der Waals surface area contributed by atoms with Gasteiger partial charge in [0.05, 0.1) is 12.2 Å². The normalized spacial score (nSPS) is 15.1. The van der Waals surface area contributed by atoms with Crippen molar-refractivity contribution < 1.29 is 22.7 Å². The first-order valence-corrected chi connectivity index (χ1v) is 11.4. The number of hydrogen-bond donors (Lipinski definition) is 0. The van der Waals surface area contributed by atoms with E-state index in [2.05, 4.69) is 16.8 Å². The zero-order valence-corrected chi connectivity index (χ0v) is 18.5. The minimum absolute atomic E-state index is 0.0970. The summed E-state index contributed by atoms with van der Waals surface area (Å²) < 4.78 is 43.7. The minimum atomic E-state index is -4.30. The Morgan fingerprint density at radius 1 is 1.09 bits per heavy atom. The van der Waals surface area contributed by atoms with Crippen LogP contribution in [0.3, 0.4) is 0 Å². The molecule has 1 aliphatic rings. The number of pyridine rings is 1. The number of ketones is 1. The molecule has 7 heteroatoms. The standard InChI is InChI=1S/C25H31F3N2O2/c1-2-3-17-32-24-12-7-20(18-29-24)23(31)6-4-5-19-13-15-30(16-14-19)22-10-8-21(9-11-22)25(26,27)28/h7-12,18-19H,2-6,13-17H2,1H3. The molecule has 0 unspecified atom stereocenters. The maximum Gasteiger partial charge on any atom is 0.416 e. The molecule has 2 heterocycles. The Hall–Kier alpha value is -2.57. The van der Waals surface area contributed by atoms with E-state index in [9.17, 15) is 18.0 Å². The summed E-state index contributed by atoms with van der Waals surface area (Å²) in [4.78, 5) is 18.8. The van der Waals surface area contributed by atoms with E-state index >= 15 is 0 Å². The highest BCUT2D eigenvalue weighted by molar-refractivity contribution is 5.95. The Balaban J connectivity index is 1.37. The van der Waals surface area contributed by atoms with Gasteiger partial charge in [0.1, 0.15) is 0 Å². The van der Waals surface area contributed by atoms with Gasteiger partial charge >= 0.3 is 6.18 Å². The van der Waals surface area contributed by atoms with Gasteiger partial charge in [0.15, 0.2) is 5.78 Å². The van der Waals surface area contributed by atoms with Crippen LogP contribution in [-0.2, 0) is 6.18 Å². The molecule has 4 nitrogen and oxygen atoms in total. The number of alkyl halides is 3. The van der Waals surface area contributed by atoms with Crippen molar-refractivity contribution in [1.82, 2.24) is 4.98 Å². The Morgan fingerprint density at radius 2 is 1.81 bits per heavy atom. The number of hydrogen-bond acceptors (Lipinski definition) is 4. The number of ether oxygens (including phenoxy) is 1. The van der Waals surface area contributed by atoms with Crippen LogP contribution in [0.25, 0.3) is 0 Å². The minimum Gasteiger partial charge on any atom is -0.478 e. The number of rotatable bonds is 10. The molecule has 1 aromatic carbocycles. The summed E-state index contributed by atoms with van der Waals surface area (Å²) in [6, 6.07) is 8.92. The van der Waals surface area contributed by atoms with Gasteiger partial charge in [0, 0.05) is 43.0 Å². The summed E-state index contributed by atoms with van der Waals surface area (Å²) in [6.45, 7) is 4.39. The molecule has 32 heavy (non-hydrogen) atoms. The first-order chi connectivity index (χ1) is 15.4. The molecule has 0 aliphatic carbocycles. The average molecular weight is 449 g/mol. The van der Waals surface area contributed by atoms with Gasteiger partial charge in [-0.2, -0.15) is 13.2 Å². The Kier molecular flexibility index (Phi) is 8.53. The van der Waals surface area contributed by atoms with Crippen LogP contribution < -0.4 is 9.64 Å². The second-order valence-corrected chi connectivity index (χ2v) is 8.38. The number of carbonyl (C=O) groups excluding carboxylic acids is 1. The van der Waals surface area contributed by atoms with Crippen molar-refractivity contribution in [2.45, 2.75) is 58.0 Å². The summed E-state index contributed by atoms with van der Waals surface area (Å²) >= 11 is 0. The van der Waals surface area contributed by atoms with Crippen molar-refractivity contribution in [2.24, 2.45) is 5.92 Å². The lowest BCUT2D eigenvalue weighted by Crippen LogP contribution is -2.33. The Morgan fingerprint density at radius 3 is 2.41 bits per heavy atom. The van der Waals surface area contributed by atoms with Gasteiger partial charge < -0.3 is 9.64 Å². The summed E-state index contributed by atoms with van der Waals surface area (Å²) in [5.41, 5.74) is 0.834. The molecule has 3 rings (SSSR count). The van der Waals surface area contributed by atoms with Crippen molar-refractivity contribution in [3.8, 4) is 5.88 Å². The summed E-state index contributed by atoms with van der Waals surface area (Å²) in [7, 11) is 0. The molecule has 0 spiro atoms. The average Bonchev–Trinajstić information content (AvgIpc) is 2.80. The number of piperidine rings is 1. The van der Waals surface area contributed by atoms with Crippen molar-refractivity contribution in [1.29, 1.82) is 0 Å². The van der Waals surface area contributed by atoms with E-state index in [1.807, 2.05) is 0 Å². The molecule has 2 aromatic rings. The zero-order valence-electron chi connectivity index (χ0n) is 18.5. The highest BCUT2D eigenvalue weighted by atomic mass is 19.4. The third kappa shape index (κ3) is 6.97. The quantitative estimate of drug-likeness (QED) is 0.305. The van der Waals surface area contributed by atoms with E-state index in [4.69, 9.17) is 4.74 Å². The predicted octanol–water partition coefficient (Wildman–Crippen LogP) is 6.55. The maximum absolute atomic E-state index is 12.7. The van der Waals surface area contributed by atoms with Gasteiger partial charge in [0.25, 0.3) is 0 Å². The predicted molar refractivity (Wildman–Crippen MR) is 119 cm³/mol. The van der Waals surface area contributed by atoms with E-state index in [0.717, 1.165) is 69.4 Å². The number of Topliss-reactive ketones (excluding diaryl/α,β-unsaturated/α-hetero) is 1. The monoisotopic (exact) mass is 448 g/mol. The lowest BCUT2D eigenvalue weighted by Gasteiger charge is -2.33. The molecule has 1 aliphatic heterocycles. The van der Waals surface area contributed by atoms with Crippen LogP contribution in [0.5, 0.6) is 5.88 Å². The molecular weight excluding hydrogens is 417 g/mol. The van der Waals surface area contributed by atoms with E-state index in [-0.39, 0.29) is 5.78 Å². The Bertz CT molecular complexity index is 843. The van der Waals surface area contributed by atoms with Crippen molar-refractivity contribution in [3.05, 3.63) is 53.7 Å². The van der Waals surface area contributed by atoms with Crippen LogP contribution in [0.15, 0.2) is 42.6 Å². The SMILES string of the molecule is CCCCOc1ccc(C(=O)CCCC2CCN(c3ccc(C(F)(F)F)cc3)CC2)cn1. The van der Waals surface area contributed by atoms with E-state index in [0.29, 0.717) is 30.4 Å². The van der Waals surface area contributed by atoms with Crippen molar-refractivity contribution in [2.75, 3.05) is 24.6 Å². The molecule has 0 N–H and O–H groups in total. The smallest absolute Gasteiger partial charge is 0.416 e. The molecule has 0 atom stereocenters. The van der Waals surface area contributed by atoms with Gasteiger partial charge in [-0.1, -0.05) is 13.3 Å². The molecule has 0 radical (unpaired) electrons. The van der Waals surface area contributed by atoms with Gasteiger partial charge in [-0.05, 0) is 68.4 Å². The zero-order chi connectivity index (χ0) is 23.0. The third-order valence-corrected chi connectivity index (χ3v) is 6.00. The van der Waals surface area contributed by atoms with Crippen molar-refractivity contribution in [3.63, 3.8) is 0 Å². The van der Waals surface area contributed by atoms with E-state index < -0.39 is 11.7 Å². The van der Waals surface area contributed by atoms with Crippen LogP contribution in [0.1, 0.15) is 67.8 Å². The van der Waals surface area contributed by atoms with Crippen LogP contribution in [-0.4, -0.2) is 30.5 Å². The molecule has 174 valence electrons. The second-order valence-electron chi connectivity index (χ2n) is 8.38. The van der Waals surface area contributed by atoms with E-state index in [1.54, 1.807) is 30.5 Å². The lowest BCUT2D eigenvalue weighted by atomic mass is 9.90. The lowest BCUT2D eigenvalue weighted by molar-refractivity contribution is -0.137. The van der Waals surface area contributed by atoms with Crippen LogP contribution in [0.2, 0.25) is 0 Å². The molecule has 0 saturated carbocycles.